The first-order chi connectivity index (χ1) is 11.7. The number of carbonyl (C=O) groups is 1. The van der Waals surface area contributed by atoms with Gasteiger partial charge in [0, 0.05) is 37.2 Å². The van der Waals surface area contributed by atoms with Crippen LogP contribution in [0, 0.1) is 6.92 Å². The molecule has 1 saturated heterocycles. The summed E-state index contributed by atoms with van der Waals surface area (Å²) in [6, 6.07) is 7.99. The molecule has 5 nitrogen and oxygen atoms in total. The SMILES string of the molecule is CCSCc1ccc(C(=O)N2CCC[C@@H](c3noc(C)n3)C2)cc1. The Kier molecular flexibility index (Phi) is 5.56. The van der Waals surface area contributed by atoms with Crippen molar-refractivity contribution in [2.24, 2.45) is 0 Å². The zero-order valence-electron chi connectivity index (χ0n) is 14.2. The number of likely N-dealkylation sites (tertiary alicyclic amines) is 1. The van der Waals surface area contributed by atoms with Gasteiger partial charge in [0.1, 0.15) is 0 Å². The zero-order chi connectivity index (χ0) is 16.9. The molecular weight excluding hydrogens is 322 g/mol. The number of rotatable bonds is 5. The van der Waals surface area contributed by atoms with Gasteiger partial charge in [0.05, 0.1) is 0 Å². The van der Waals surface area contributed by atoms with Crippen LogP contribution in [0.1, 0.15) is 53.3 Å². The molecule has 0 saturated carbocycles. The minimum Gasteiger partial charge on any atom is -0.340 e. The summed E-state index contributed by atoms with van der Waals surface area (Å²) in [6.45, 7) is 5.39. The van der Waals surface area contributed by atoms with Crippen molar-refractivity contribution in [1.29, 1.82) is 0 Å². The summed E-state index contributed by atoms with van der Waals surface area (Å²) in [4.78, 5) is 19.0. The van der Waals surface area contributed by atoms with Crippen molar-refractivity contribution < 1.29 is 9.32 Å². The Morgan fingerprint density at radius 1 is 1.38 bits per heavy atom. The molecule has 24 heavy (non-hydrogen) atoms. The molecule has 6 heteroatoms. The largest absolute Gasteiger partial charge is 0.340 e. The average Bonchev–Trinajstić information content (AvgIpc) is 3.06. The Balaban J connectivity index is 1.65. The predicted molar refractivity (Wildman–Crippen MR) is 95.2 cm³/mol. The molecular formula is C18H23N3O2S. The molecule has 0 spiro atoms. The van der Waals surface area contributed by atoms with Crippen LogP contribution in [0.2, 0.25) is 0 Å². The monoisotopic (exact) mass is 345 g/mol. The Labute approximate surface area is 146 Å². The summed E-state index contributed by atoms with van der Waals surface area (Å²) >= 11 is 1.89. The molecule has 0 aliphatic carbocycles. The van der Waals surface area contributed by atoms with Crippen LogP contribution in [0.25, 0.3) is 0 Å². The maximum atomic E-state index is 12.8. The van der Waals surface area contributed by atoms with E-state index in [9.17, 15) is 4.79 Å². The lowest BCUT2D eigenvalue weighted by atomic mass is 9.96. The highest BCUT2D eigenvalue weighted by Gasteiger charge is 2.28. The minimum absolute atomic E-state index is 0.0922. The van der Waals surface area contributed by atoms with Gasteiger partial charge in [-0.05, 0) is 36.3 Å². The van der Waals surface area contributed by atoms with Crippen LogP contribution in [0.4, 0.5) is 0 Å². The van der Waals surface area contributed by atoms with Gasteiger partial charge < -0.3 is 9.42 Å². The Bertz CT molecular complexity index is 684. The van der Waals surface area contributed by atoms with E-state index in [-0.39, 0.29) is 11.8 Å². The van der Waals surface area contributed by atoms with Gasteiger partial charge in [-0.25, -0.2) is 0 Å². The van der Waals surface area contributed by atoms with Crippen molar-refractivity contribution in [3.05, 3.63) is 47.1 Å². The highest BCUT2D eigenvalue weighted by atomic mass is 32.2. The maximum Gasteiger partial charge on any atom is 0.253 e. The van der Waals surface area contributed by atoms with E-state index in [0.29, 0.717) is 12.4 Å². The number of aromatic nitrogens is 2. The average molecular weight is 345 g/mol. The normalized spacial score (nSPS) is 17.9. The van der Waals surface area contributed by atoms with Gasteiger partial charge in [-0.15, -0.1) is 0 Å². The standard InChI is InChI=1S/C18H23N3O2S/c1-3-24-12-14-6-8-15(9-7-14)18(22)21-10-4-5-16(11-21)17-19-13(2)23-20-17/h6-9,16H,3-5,10-12H2,1-2H3/t16-/m1/s1. The highest BCUT2D eigenvalue weighted by molar-refractivity contribution is 7.98. The number of aryl methyl sites for hydroxylation is 1. The molecule has 1 aromatic heterocycles. The molecule has 128 valence electrons. The van der Waals surface area contributed by atoms with Crippen LogP contribution in [0.15, 0.2) is 28.8 Å². The van der Waals surface area contributed by atoms with Gasteiger partial charge in [0.2, 0.25) is 5.89 Å². The summed E-state index contributed by atoms with van der Waals surface area (Å²) < 4.78 is 5.08. The third-order valence-corrected chi connectivity index (χ3v) is 5.24. The fourth-order valence-electron chi connectivity index (χ4n) is 3.00. The molecule has 1 aromatic carbocycles. The van der Waals surface area contributed by atoms with E-state index in [4.69, 9.17) is 4.52 Å². The van der Waals surface area contributed by atoms with Gasteiger partial charge in [-0.3, -0.25) is 4.79 Å². The quantitative estimate of drug-likeness (QED) is 0.828. The lowest BCUT2D eigenvalue weighted by Crippen LogP contribution is -2.39. The van der Waals surface area contributed by atoms with E-state index in [1.807, 2.05) is 28.8 Å². The summed E-state index contributed by atoms with van der Waals surface area (Å²) in [5.41, 5.74) is 2.02. The zero-order valence-corrected chi connectivity index (χ0v) is 15.0. The first kappa shape index (κ1) is 17.0. The highest BCUT2D eigenvalue weighted by Crippen LogP contribution is 2.26. The van der Waals surface area contributed by atoms with Crippen molar-refractivity contribution in [3.8, 4) is 0 Å². The number of nitrogens with zero attached hydrogens (tertiary/aromatic N) is 3. The number of hydrogen-bond acceptors (Lipinski definition) is 5. The Morgan fingerprint density at radius 2 is 2.17 bits per heavy atom. The second kappa shape index (κ2) is 7.83. The van der Waals surface area contributed by atoms with Crippen LogP contribution in [0.3, 0.4) is 0 Å². The summed E-state index contributed by atoms with van der Waals surface area (Å²) in [6.07, 6.45) is 1.96. The van der Waals surface area contributed by atoms with Crippen molar-refractivity contribution in [2.45, 2.75) is 38.4 Å². The fraction of sp³-hybridized carbons (Fsp3) is 0.500. The Hall–Kier alpha value is -1.82. The smallest absolute Gasteiger partial charge is 0.253 e. The van der Waals surface area contributed by atoms with E-state index in [2.05, 4.69) is 29.2 Å². The second-order valence-electron chi connectivity index (χ2n) is 6.10. The number of benzene rings is 1. The number of amides is 1. The molecule has 0 bridgehead atoms. The van der Waals surface area contributed by atoms with E-state index >= 15 is 0 Å². The van der Waals surface area contributed by atoms with Crippen molar-refractivity contribution in [2.75, 3.05) is 18.8 Å². The molecule has 2 aromatic rings. The molecule has 1 atom stereocenters. The number of hydrogen-bond donors (Lipinski definition) is 0. The number of thioether (sulfide) groups is 1. The van der Waals surface area contributed by atoms with E-state index in [0.717, 1.165) is 42.3 Å². The summed E-state index contributed by atoms with van der Waals surface area (Å²) in [7, 11) is 0. The lowest BCUT2D eigenvalue weighted by Gasteiger charge is -2.31. The van der Waals surface area contributed by atoms with Crippen molar-refractivity contribution in [3.63, 3.8) is 0 Å². The third kappa shape index (κ3) is 3.98. The molecule has 1 amide bonds. The topological polar surface area (TPSA) is 59.2 Å². The van der Waals surface area contributed by atoms with E-state index in [1.165, 1.54) is 5.56 Å². The summed E-state index contributed by atoms with van der Waals surface area (Å²) in [5.74, 6) is 3.65. The first-order valence-electron chi connectivity index (χ1n) is 8.43. The molecule has 2 heterocycles. The third-order valence-electron chi connectivity index (χ3n) is 4.29. The van der Waals surface area contributed by atoms with Crippen LogP contribution in [0.5, 0.6) is 0 Å². The van der Waals surface area contributed by atoms with Crippen molar-refractivity contribution >= 4 is 17.7 Å². The van der Waals surface area contributed by atoms with E-state index in [1.54, 1.807) is 6.92 Å². The number of carbonyl (C=O) groups excluding carboxylic acids is 1. The van der Waals surface area contributed by atoms with Crippen LogP contribution in [-0.4, -0.2) is 39.8 Å². The lowest BCUT2D eigenvalue weighted by molar-refractivity contribution is 0.0703. The van der Waals surface area contributed by atoms with Crippen LogP contribution >= 0.6 is 11.8 Å². The van der Waals surface area contributed by atoms with Gasteiger partial charge in [0.25, 0.3) is 5.91 Å². The van der Waals surface area contributed by atoms with Crippen molar-refractivity contribution in [1.82, 2.24) is 15.0 Å². The van der Waals surface area contributed by atoms with Gasteiger partial charge in [-0.1, -0.05) is 24.2 Å². The fourth-order valence-corrected chi connectivity index (χ4v) is 3.63. The first-order valence-corrected chi connectivity index (χ1v) is 9.59. The summed E-state index contributed by atoms with van der Waals surface area (Å²) in [5, 5.41) is 4.02. The van der Waals surface area contributed by atoms with Crippen LogP contribution < -0.4 is 0 Å². The predicted octanol–water partition coefficient (Wildman–Crippen LogP) is 3.65. The molecule has 0 N–H and O–H groups in total. The second-order valence-corrected chi connectivity index (χ2v) is 7.37. The molecule has 0 radical (unpaired) electrons. The van der Waals surface area contributed by atoms with Gasteiger partial charge >= 0.3 is 0 Å². The maximum absolute atomic E-state index is 12.8. The van der Waals surface area contributed by atoms with Gasteiger partial charge in [-0.2, -0.15) is 16.7 Å². The number of piperidine rings is 1. The molecule has 3 rings (SSSR count). The molecule has 1 aliphatic heterocycles. The molecule has 1 fully saturated rings. The molecule has 0 unspecified atom stereocenters. The Morgan fingerprint density at radius 3 is 2.83 bits per heavy atom. The van der Waals surface area contributed by atoms with E-state index < -0.39 is 0 Å². The molecule has 1 aliphatic rings. The van der Waals surface area contributed by atoms with Gasteiger partial charge in [0.15, 0.2) is 5.82 Å². The van der Waals surface area contributed by atoms with Crippen LogP contribution in [-0.2, 0) is 5.75 Å². The minimum atomic E-state index is 0.0922.